The Morgan fingerprint density at radius 3 is 2.38 bits per heavy atom. The summed E-state index contributed by atoms with van der Waals surface area (Å²) in [6.45, 7) is 6.89. The van der Waals surface area contributed by atoms with Gasteiger partial charge in [0.1, 0.15) is 34.8 Å². The fourth-order valence-electron chi connectivity index (χ4n) is 10.6. The van der Waals surface area contributed by atoms with Crippen LogP contribution in [-0.4, -0.2) is 133 Å². The first kappa shape index (κ1) is 41.9. The summed E-state index contributed by atoms with van der Waals surface area (Å²) in [6.07, 6.45) is 15.8. The molecule has 0 spiro atoms. The number of pyridine rings is 2. The largest absolute Gasteiger partial charge is 0.378 e. The third-order valence-corrected chi connectivity index (χ3v) is 14.1. The normalized spacial score (nSPS) is 24.0. The molecule has 2 unspecified atom stereocenters. The van der Waals surface area contributed by atoms with Gasteiger partial charge in [0.15, 0.2) is 0 Å². The highest BCUT2D eigenvalue weighted by Gasteiger charge is 2.39. The number of amides is 2. The predicted octanol–water partition coefficient (Wildman–Crippen LogP) is 4.67. The van der Waals surface area contributed by atoms with Crippen molar-refractivity contribution in [1.82, 2.24) is 49.5 Å². The monoisotopic (exact) mass is 890 g/mol. The second-order valence-corrected chi connectivity index (χ2v) is 18.1. The van der Waals surface area contributed by atoms with Crippen LogP contribution in [0, 0.1) is 17.1 Å². The van der Waals surface area contributed by atoms with Gasteiger partial charge in [-0.3, -0.25) is 34.4 Å². The van der Waals surface area contributed by atoms with Crippen molar-refractivity contribution in [2.24, 2.45) is 0 Å². The van der Waals surface area contributed by atoms with Gasteiger partial charge < -0.3 is 19.9 Å². The second-order valence-electron chi connectivity index (χ2n) is 18.1. The summed E-state index contributed by atoms with van der Waals surface area (Å²) in [6, 6.07) is 18.1. The van der Waals surface area contributed by atoms with Gasteiger partial charge in [-0.05, 0) is 74.6 Å². The number of carbonyl (C=O) groups excluding carboxylic acids is 2. The molecule has 0 radical (unpaired) electrons. The van der Waals surface area contributed by atoms with Gasteiger partial charge in [0.2, 0.25) is 11.8 Å². The quantitative estimate of drug-likeness (QED) is 0.181. The molecule has 5 fully saturated rings. The van der Waals surface area contributed by atoms with Crippen molar-refractivity contribution in [2.75, 3.05) is 67.6 Å². The summed E-state index contributed by atoms with van der Waals surface area (Å²) in [7, 11) is 0. The van der Waals surface area contributed by atoms with Crippen LogP contribution in [0.15, 0.2) is 85.7 Å². The van der Waals surface area contributed by atoms with Gasteiger partial charge in [-0.25, -0.2) is 18.9 Å². The smallest absolute Gasteiger partial charge is 0.249 e. The SMILES string of the molecule is N#Cc1cnn2cc(-c3cnn(C4CCC(N5CCN(c6ccc(N[C@@H]7CCC(=O)NC7=O)cc6F)CC5)CC4)c3)nc(-c3ccc(N4CC5COCC(C4)N5Cc4ccccn4)nc3)c12. The average Bonchev–Trinajstić information content (AvgIpc) is 4.01. The standard InChI is InChI=1S/C48H51FN14O3/c49-40-19-34(55-41-10-13-45(64)57-48(41)65)5-11-43(40)59-17-15-58(16-18-59)36-6-8-37(9-7-36)62-24-33(23-53-62)42-28-63-47(32(20-50)22-54-63)46(56-42)31-4-12-44(52-21-31)60-26-38-29-66-30-39(27-60)61(38)25-35-3-1-2-14-51-35/h1-5,11-12,14,19,21-24,28,36-39,41,55H,6-10,13,15-18,25-27,29-30H2,(H,57,64,65)/t36?,37?,38?,39?,41-/m1/s1. The Morgan fingerprint density at radius 2 is 1.65 bits per heavy atom. The molecular formula is C48H51FN14O3. The van der Waals surface area contributed by atoms with Crippen LogP contribution in [-0.2, 0) is 20.9 Å². The Balaban J connectivity index is 0.722. The number of nitrogens with one attached hydrogen (secondary N) is 2. The zero-order valence-electron chi connectivity index (χ0n) is 36.5. The third-order valence-electron chi connectivity index (χ3n) is 14.1. The van der Waals surface area contributed by atoms with E-state index in [-0.39, 0.29) is 42.2 Å². The molecule has 5 aromatic heterocycles. The number of halogens is 1. The van der Waals surface area contributed by atoms with Gasteiger partial charge in [-0.15, -0.1) is 0 Å². The number of anilines is 3. The van der Waals surface area contributed by atoms with Crippen LogP contribution in [0.3, 0.4) is 0 Å². The van der Waals surface area contributed by atoms with E-state index in [0.717, 1.165) is 94.1 Å². The number of ether oxygens (including phenoxy) is 1. The number of fused-ring (bicyclic) bond motifs is 3. The molecule has 1 aromatic carbocycles. The molecule has 2 amide bonds. The molecule has 338 valence electrons. The van der Waals surface area contributed by atoms with Crippen molar-refractivity contribution < 1.29 is 18.7 Å². The van der Waals surface area contributed by atoms with Crippen LogP contribution in [0.1, 0.15) is 55.8 Å². The number of aromatic nitrogens is 7. The van der Waals surface area contributed by atoms with Gasteiger partial charge >= 0.3 is 0 Å². The van der Waals surface area contributed by atoms with Crippen LogP contribution >= 0.6 is 0 Å². The van der Waals surface area contributed by atoms with Crippen molar-refractivity contribution in [3.8, 4) is 28.6 Å². The number of imide groups is 1. The third kappa shape index (κ3) is 8.33. The lowest BCUT2D eigenvalue weighted by Crippen LogP contribution is -2.64. The maximum Gasteiger partial charge on any atom is 0.249 e. The van der Waals surface area contributed by atoms with Crippen molar-refractivity contribution in [2.45, 2.75) is 75.3 Å². The number of carbonyl (C=O) groups is 2. The van der Waals surface area contributed by atoms with Crippen LogP contribution in [0.2, 0.25) is 0 Å². The number of rotatable bonds is 10. The van der Waals surface area contributed by atoms with Gasteiger partial charge in [-0.1, -0.05) is 6.07 Å². The number of benzene rings is 1. The zero-order valence-corrected chi connectivity index (χ0v) is 36.5. The molecule has 11 rings (SSSR count). The lowest BCUT2D eigenvalue weighted by molar-refractivity contribution is -0.133. The van der Waals surface area contributed by atoms with Crippen LogP contribution in [0.4, 0.5) is 21.6 Å². The lowest BCUT2D eigenvalue weighted by Gasteiger charge is -2.50. The summed E-state index contributed by atoms with van der Waals surface area (Å²) in [4.78, 5) is 47.9. The van der Waals surface area contributed by atoms with Crippen molar-refractivity contribution in [3.63, 3.8) is 0 Å². The number of hydrogen-bond acceptors (Lipinski definition) is 14. The summed E-state index contributed by atoms with van der Waals surface area (Å²) in [5.74, 6) is -0.0909. The van der Waals surface area contributed by atoms with Gasteiger partial charge in [0.25, 0.3) is 0 Å². The molecular weight excluding hydrogens is 840 g/mol. The van der Waals surface area contributed by atoms with Gasteiger partial charge in [0, 0.05) is 93.7 Å². The summed E-state index contributed by atoms with van der Waals surface area (Å²) in [5.41, 5.74) is 6.25. The van der Waals surface area contributed by atoms with E-state index in [2.05, 4.69) is 63.3 Å². The fourth-order valence-corrected chi connectivity index (χ4v) is 10.6. The highest BCUT2D eigenvalue weighted by Crippen LogP contribution is 2.35. The van der Waals surface area contributed by atoms with E-state index in [4.69, 9.17) is 19.8 Å². The van der Waals surface area contributed by atoms with Gasteiger partial charge in [-0.2, -0.15) is 15.5 Å². The highest BCUT2D eigenvalue weighted by atomic mass is 19.1. The predicted molar refractivity (Wildman–Crippen MR) is 244 cm³/mol. The first-order valence-electron chi connectivity index (χ1n) is 23.0. The van der Waals surface area contributed by atoms with E-state index >= 15 is 4.39 Å². The molecule has 5 aliphatic rings. The van der Waals surface area contributed by atoms with Crippen molar-refractivity contribution in [3.05, 3.63) is 103 Å². The summed E-state index contributed by atoms with van der Waals surface area (Å²) in [5, 5.41) is 24.8. The van der Waals surface area contributed by atoms with Crippen LogP contribution < -0.4 is 20.4 Å². The minimum absolute atomic E-state index is 0.228. The Bertz CT molecular complexity index is 2760. The first-order chi connectivity index (χ1) is 32.3. The van der Waals surface area contributed by atoms with E-state index in [1.807, 2.05) is 49.1 Å². The molecule has 4 saturated heterocycles. The molecule has 4 aliphatic heterocycles. The number of morpholine rings is 1. The number of piperazine rings is 2. The minimum atomic E-state index is -0.559. The second kappa shape index (κ2) is 17.9. The molecule has 17 nitrogen and oxygen atoms in total. The van der Waals surface area contributed by atoms with Crippen molar-refractivity contribution in [1.29, 1.82) is 5.26 Å². The molecule has 66 heavy (non-hydrogen) atoms. The Kier molecular flexibility index (Phi) is 11.3. The molecule has 2 bridgehead atoms. The van der Waals surface area contributed by atoms with E-state index in [1.165, 1.54) is 6.07 Å². The molecule has 1 aliphatic carbocycles. The maximum absolute atomic E-state index is 15.4. The summed E-state index contributed by atoms with van der Waals surface area (Å²) < 4.78 is 25.2. The molecule has 2 N–H and O–H groups in total. The highest BCUT2D eigenvalue weighted by molar-refractivity contribution is 6.01. The maximum atomic E-state index is 15.4. The average molecular weight is 891 g/mol. The lowest BCUT2D eigenvalue weighted by atomic mass is 9.90. The van der Waals surface area contributed by atoms with Crippen molar-refractivity contribution >= 4 is 34.5 Å². The fraction of sp³-hybridized carbons (Fsp3) is 0.417. The minimum Gasteiger partial charge on any atom is -0.378 e. The van der Waals surface area contributed by atoms with E-state index < -0.39 is 6.04 Å². The molecule has 6 aromatic rings. The topological polar surface area (TPSA) is 178 Å². The van der Waals surface area contributed by atoms with E-state index in [9.17, 15) is 14.9 Å². The Morgan fingerprint density at radius 1 is 0.833 bits per heavy atom. The Labute approximate surface area is 381 Å². The molecule has 18 heteroatoms. The number of nitriles is 1. The van der Waals surface area contributed by atoms with Crippen LogP contribution in [0.25, 0.3) is 28.0 Å². The molecule has 1 saturated carbocycles. The molecule has 9 heterocycles. The Hall–Kier alpha value is -6.81. The number of nitrogens with zero attached hydrogens (tertiary/aromatic N) is 12. The molecule has 3 atom stereocenters. The number of hydrogen-bond donors (Lipinski definition) is 2. The van der Waals surface area contributed by atoms with Gasteiger partial charge in [0.05, 0.1) is 72.7 Å². The van der Waals surface area contributed by atoms with E-state index in [1.54, 1.807) is 22.8 Å². The summed E-state index contributed by atoms with van der Waals surface area (Å²) >= 11 is 0. The zero-order chi connectivity index (χ0) is 44.7. The first-order valence-corrected chi connectivity index (χ1v) is 23.0. The number of piperidine rings is 1. The van der Waals surface area contributed by atoms with E-state index in [0.29, 0.717) is 59.5 Å². The van der Waals surface area contributed by atoms with Crippen LogP contribution in [0.5, 0.6) is 0 Å².